The summed E-state index contributed by atoms with van der Waals surface area (Å²) in [5.41, 5.74) is 0. The van der Waals surface area contributed by atoms with Crippen molar-refractivity contribution < 1.29 is 13.5 Å². The number of imidazole rings is 1. The van der Waals surface area contributed by atoms with E-state index >= 15 is 0 Å². The minimum absolute atomic E-state index is 0.0492. The van der Waals surface area contributed by atoms with Crippen LogP contribution in [0.15, 0.2) is 41.6 Å². The number of aromatic hydroxyl groups is 1. The molecule has 0 spiro atoms. The zero-order valence-electron chi connectivity index (χ0n) is 10.1. The number of phenols is 1. The number of sulfonamides is 1. The molecule has 0 saturated carbocycles. The van der Waals surface area contributed by atoms with Crippen LogP contribution < -0.4 is 0 Å². The Morgan fingerprint density at radius 3 is 2.63 bits per heavy atom. The summed E-state index contributed by atoms with van der Waals surface area (Å²) >= 11 is 0. The molecule has 0 unspecified atom stereocenters. The third kappa shape index (κ3) is 2.11. The van der Waals surface area contributed by atoms with E-state index in [1.54, 1.807) is 6.20 Å². The molecule has 1 aromatic heterocycles. The Balaban J connectivity index is 1.92. The fraction of sp³-hybridized carbons (Fsp3) is 0.250. The first kappa shape index (κ1) is 12.2. The molecule has 7 heteroatoms. The van der Waals surface area contributed by atoms with Crippen molar-refractivity contribution in [2.75, 3.05) is 6.54 Å². The molecule has 0 amide bonds. The number of fused-ring (bicyclic) bond motifs is 1. The largest absolute Gasteiger partial charge is 0.508 e. The molecule has 0 atom stereocenters. The maximum absolute atomic E-state index is 12.4. The zero-order chi connectivity index (χ0) is 13.5. The number of phenolic OH excluding ortho intramolecular Hbond substituents is 1. The predicted molar refractivity (Wildman–Crippen MR) is 67.9 cm³/mol. The van der Waals surface area contributed by atoms with Gasteiger partial charge >= 0.3 is 0 Å². The van der Waals surface area contributed by atoms with Crippen molar-refractivity contribution >= 4 is 10.0 Å². The lowest BCUT2D eigenvalue weighted by Gasteiger charge is -2.26. The number of aromatic nitrogens is 2. The molecule has 3 rings (SSSR count). The third-order valence-electron chi connectivity index (χ3n) is 3.18. The zero-order valence-corrected chi connectivity index (χ0v) is 10.9. The van der Waals surface area contributed by atoms with Crippen LogP contribution in [-0.4, -0.2) is 33.9 Å². The summed E-state index contributed by atoms with van der Waals surface area (Å²) in [6.07, 6.45) is 3.52. The number of nitrogens with zero attached hydrogens (tertiary/aromatic N) is 3. The lowest BCUT2D eigenvalue weighted by Crippen LogP contribution is -2.38. The monoisotopic (exact) mass is 279 g/mol. The number of hydrogen-bond acceptors (Lipinski definition) is 4. The van der Waals surface area contributed by atoms with Gasteiger partial charge in [0.2, 0.25) is 10.0 Å². The van der Waals surface area contributed by atoms with Gasteiger partial charge in [0.05, 0.1) is 11.4 Å². The van der Waals surface area contributed by atoms with Gasteiger partial charge in [-0.3, -0.25) is 0 Å². The summed E-state index contributed by atoms with van der Waals surface area (Å²) in [7, 11) is -3.53. The van der Waals surface area contributed by atoms with E-state index in [-0.39, 0.29) is 17.2 Å². The van der Waals surface area contributed by atoms with Crippen molar-refractivity contribution in [1.29, 1.82) is 0 Å². The molecule has 0 bridgehead atoms. The average molecular weight is 279 g/mol. The molecular weight excluding hydrogens is 266 g/mol. The minimum atomic E-state index is -3.53. The second-order valence-electron chi connectivity index (χ2n) is 4.37. The summed E-state index contributed by atoms with van der Waals surface area (Å²) in [5.74, 6) is 0.793. The van der Waals surface area contributed by atoms with E-state index in [9.17, 15) is 13.5 Å². The van der Waals surface area contributed by atoms with Gasteiger partial charge in [-0.25, -0.2) is 13.4 Å². The Hall–Kier alpha value is -1.86. The van der Waals surface area contributed by atoms with Crippen LogP contribution in [0.4, 0.5) is 0 Å². The van der Waals surface area contributed by atoms with Gasteiger partial charge in [0, 0.05) is 25.5 Å². The Labute approximate surface area is 111 Å². The highest BCUT2D eigenvalue weighted by Gasteiger charge is 2.28. The van der Waals surface area contributed by atoms with Crippen LogP contribution in [0.3, 0.4) is 0 Å². The van der Waals surface area contributed by atoms with Crippen LogP contribution in [0.2, 0.25) is 0 Å². The van der Waals surface area contributed by atoms with Crippen molar-refractivity contribution in [1.82, 2.24) is 13.9 Å². The SMILES string of the molecule is O=S(=O)(c1ccc(O)cc1)N1CCn2ccnc2C1. The van der Waals surface area contributed by atoms with Crippen LogP contribution in [-0.2, 0) is 23.1 Å². The van der Waals surface area contributed by atoms with E-state index in [2.05, 4.69) is 4.98 Å². The first-order valence-corrected chi connectivity index (χ1v) is 7.30. The molecule has 2 aromatic rings. The Morgan fingerprint density at radius 1 is 1.16 bits per heavy atom. The molecule has 0 radical (unpaired) electrons. The fourth-order valence-corrected chi connectivity index (χ4v) is 3.51. The quantitative estimate of drug-likeness (QED) is 0.882. The fourth-order valence-electron chi connectivity index (χ4n) is 2.12. The predicted octanol–water partition coefficient (Wildman–Crippen LogP) is 0.793. The Kier molecular flexibility index (Phi) is 2.79. The van der Waals surface area contributed by atoms with Gasteiger partial charge in [-0.15, -0.1) is 0 Å². The maximum Gasteiger partial charge on any atom is 0.243 e. The molecule has 1 aliphatic heterocycles. The number of hydrogen-bond donors (Lipinski definition) is 1. The standard InChI is InChI=1S/C12H13N3O3S/c16-10-1-3-11(4-2-10)19(17,18)15-8-7-14-6-5-13-12(14)9-15/h1-6,16H,7-9H2. The van der Waals surface area contributed by atoms with E-state index in [0.29, 0.717) is 13.1 Å². The normalized spacial score (nSPS) is 16.2. The molecule has 1 aromatic carbocycles. The third-order valence-corrected chi connectivity index (χ3v) is 5.04. The first-order valence-electron chi connectivity index (χ1n) is 5.86. The Bertz CT molecular complexity index is 691. The van der Waals surface area contributed by atoms with Gasteiger partial charge in [0.25, 0.3) is 0 Å². The molecule has 19 heavy (non-hydrogen) atoms. The minimum Gasteiger partial charge on any atom is -0.508 e. The summed E-state index contributed by atoms with van der Waals surface area (Å²) in [6, 6.07) is 5.56. The van der Waals surface area contributed by atoms with Crippen LogP contribution >= 0.6 is 0 Å². The van der Waals surface area contributed by atoms with E-state index in [4.69, 9.17) is 0 Å². The van der Waals surface area contributed by atoms with Crippen LogP contribution in [0.1, 0.15) is 5.82 Å². The molecule has 0 aliphatic carbocycles. The molecule has 0 saturated heterocycles. The lowest BCUT2D eigenvalue weighted by atomic mass is 10.3. The van der Waals surface area contributed by atoms with E-state index < -0.39 is 10.0 Å². The smallest absolute Gasteiger partial charge is 0.243 e. The number of benzene rings is 1. The highest BCUT2D eigenvalue weighted by molar-refractivity contribution is 7.89. The topological polar surface area (TPSA) is 75.4 Å². The van der Waals surface area contributed by atoms with Crippen LogP contribution in [0.5, 0.6) is 5.75 Å². The van der Waals surface area contributed by atoms with Gasteiger partial charge in [-0.2, -0.15) is 4.31 Å². The van der Waals surface area contributed by atoms with Crippen LogP contribution in [0, 0.1) is 0 Å². The molecular formula is C12H13N3O3S. The first-order chi connectivity index (χ1) is 9.07. The van der Waals surface area contributed by atoms with Crippen molar-refractivity contribution in [2.45, 2.75) is 18.0 Å². The maximum atomic E-state index is 12.4. The van der Waals surface area contributed by atoms with Gasteiger partial charge in [-0.05, 0) is 24.3 Å². The van der Waals surface area contributed by atoms with Crippen molar-refractivity contribution in [3.05, 3.63) is 42.5 Å². The van der Waals surface area contributed by atoms with Gasteiger partial charge in [0.15, 0.2) is 0 Å². The second-order valence-corrected chi connectivity index (χ2v) is 6.31. The van der Waals surface area contributed by atoms with E-state index in [1.165, 1.54) is 28.6 Å². The van der Waals surface area contributed by atoms with Crippen LogP contribution in [0.25, 0.3) is 0 Å². The molecule has 6 nitrogen and oxygen atoms in total. The van der Waals surface area contributed by atoms with Gasteiger partial charge in [-0.1, -0.05) is 0 Å². The summed E-state index contributed by atoms with van der Waals surface area (Å²) in [5, 5.41) is 9.21. The lowest BCUT2D eigenvalue weighted by molar-refractivity contribution is 0.335. The second kappa shape index (κ2) is 4.36. The molecule has 1 aliphatic rings. The van der Waals surface area contributed by atoms with Crippen molar-refractivity contribution in [2.24, 2.45) is 0 Å². The highest BCUT2D eigenvalue weighted by Crippen LogP contribution is 2.22. The molecule has 100 valence electrons. The summed E-state index contributed by atoms with van der Waals surface area (Å²) in [6.45, 7) is 1.30. The van der Waals surface area contributed by atoms with Gasteiger partial charge < -0.3 is 9.67 Å². The Morgan fingerprint density at radius 2 is 1.89 bits per heavy atom. The highest BCUT2D eigenvalue weighted by atomic mass is 32.2. The van der Waals surface area contributed by atoms with Crippen molar-refractivity contribution in [3.63, 3.8) is 0 Å². The average Bonchev–Trinajstić information content (AvgIpc) is 2.86. The molecule has 1 N–H and O–H groups in total. The summed E-state index contributed by atoms with van der Waals surface area (Å²) in [4.78, 5) is 4.33. The molecule has 2 heterocycles. The summed E-state index contributed by atoms with van der Waals surface area (Å²) < 4.78 is 28.2. The molecule has 0 fully saturated rings. The van der Waals surface area contributed by atoms with Crippen molar-refractivity contribution in [3.8, 4) is 5.75 Å². The van der Waals surface area contributed by atoms with Gasteiger partial charge in [0.1, 0.15) is 11.6 Å². The number of rotatable bonds is 2. The van der Waals surface area contributed by atoms with E-state index in [0.717, 1.165) is 5.82 Å². The van der Waals surface area contributed by atoms with E-state index in [1.807, 2.05) is 10.8 Å².